The number of fused-ring (bicyclic) bond motifs is 1. The molecule has 0 bridgehead atoms. The summed E-state index contributed by atoms with van der Waals surface area (Å²) in [7, 11) is -3.59. The number of hydrogen-bond acceptors (Lipinski definition) is 4. The van der Waals surface area contributed by atoms with Crippen molar-refractivity contribution in [2.24, 2.45) is 0 Å². The van der Waals surface area contributed by atoms with Crippen LogP contribution in [0.3, 0.4) is 0 Å². The second-order valence-electron chi connectivity index (χ2n) is 7.75. The van der Waals surface area contributed by atoms with Crippen molar-refractivity contribution < 1.29 is 13.2 Å². The van der Waals surface area contributed by atoms with Crippen molar-refractivity contribution >= 4 is 27.3 Å². The van der Waals surface area contributed by atoms with Gasteiger partial charge in [-0.1, -0.05) is 18.2 Å². The van der Waals surface area contributed by atoms with E-state index in [2.05, 4.69) is 34.7 Å². The molecule has 0 aromatic heterocycles. The van der Waals surface area contributed by atoms with Gasteiger partial charge in [-0.15, -0.1) is 0 Å². The molecule has 0 saturated carbocycles. The fourth-order valence-corrected chi connectivity index (χ4v) is 5.23. The van der Waals surface area contributed by atoms with Gasteiger partial charge in [0.25, 0.3) is 0 Å². The number of amides is 1. The summed E-state index contributed by atoms with van der Waals surface area (Å²) in [6.45, 7) is 3.84. The second kappa shape index (κ2) is 8.16. The highest BCUT2D eigenvalue weighted by Crippen LogP contribution is 2.30. The normalized spacial score (nSPS) is 19.5. The monoisotopic (exact) mass is 413 g/mol. The third kappa shape index (κ3) is 4.16. The quantitative estimate of drug-likeness (QED) is 0.791. The van der Waals surface area contributed by atoms with Crippen molar-refractivity contribution in [3.8, 4) is 0 Å². The molecule has 0 spiro atoms. The van der Waals surface area contributed by atoms with Gasteiger partial charge < -0.3 is 9.80 Å². The Balaban J connectivity index is 1.40. The van der Waals surface area contributed by atoms with Gasteiger partial charge in [0.2, 0.25) is 15.9 Å². The number of anilines is 2. The van der Waals surface area contributed by atoms with Crippen LogP contribution in [0.1, 0.15) is 31.7 Å². The number of carbonyl (C=O) groups excluding carboxylic acids is 1. The SMILES string of the molecule is C[C@H]1CCc2ccccc2N1CCNS(=O)(=O)c1ccc(N2CCCC2=O)cc1. The maximum absolute atomic E-state index is 12.7. The maximum atomic E-state index is 12.7. The average molecular weight is 414 g/mol. The summed E-state index contributed by atoms with van der Waals surface area (Å²) in [5.41, 5.74) is 3.27. The Labute approximate surface area is 172 Å². The topological polar surface area (TPSA) is 69.7 Å². The minimum atomic E-state index is -3.59. The van der Waals surface area contributed by atoms with Gasteiger partial charge in [0.05, 0.1) is 4.90 Å². The molecule has 1 fully saturated rings. The van der Waals surface area contributed by atoms with Gasteiger partial charge in [0.15, 0.2) is 0 Å². The van der Waals surface area contributed by atoms with E-state index in [9.17, 15) is 13.2 Å². The minimum Gasteiger partial charge on any atom is -0.367 e. The van der Waals surface area contributed by atoms with Crippen molar-refractivity contribution in [1.29, 1.82) is 0 Å². The van der Waals surface area contributed by atoms with E-state index in [-0.39, 0.29) is 10.8 Å². The van der Waals surface area contributed by atoms with Crippen molar-refractivity contribution in [2.45, 2.75) is 43.5 Å². The van der Waals surface area contributed by atoms with E-state index in [0.717, 1.165) is 24.9 Å². The van der Waals surface area contributed by atoms with E-state index >= 15 is 0 Å². The number of benzene rings is 2. The van der Waals surface area contributed by atoms with Crippen LogP contribution in [0.4, 0.5) is 11.4 Å². The summed E-state index contributed by atoms with van der Waals surface area (Å²) in [5, 5.41) is 0. The van der Waals surface area contributed by atoms with Crippen LogP contribution in [-0.4, -0.2) is 40.0 Å². The molecule has 29 heavy (non-hydrogen) atoms. The number of hydrogen-bond donors (Lipinski definition) is 1. The molecule has 0 unspecified atom stereocenters. The summed E-state index contributed by atoms with van der Waals surface area (Å²) < 4.78 is 28.1. The third-order valence-electron chi connectivity index (χ3n) is 5.84. The molecule has 1 amide bonds. The Hall–Kier alpha value is -2.38. The van der Waals surface area contributed by atoms with Crippen LogP contribution in [0.5, 0.6) is 0 Å². The second-order valence-corrected chi connectivity index (χ2v) is 9.52. The van der Waals surface area contributed by atoms with Gasteiger partial charge in [-0.25, -0.2) is 13.1 Å². The summed E-state index contributed by atoms with van der Waals surface area (Å²) in [6.07, 6.45) is 3.53. The number of aryl methyl sites for hydroxylation is 1. The highest BCUT2D eigenvalue weighted by molar-refractivity contribution is 7.89. The van der Waals surface area contributed by atoms with E-state index in [1.807, 2.05) is 6.07 Å². The molecule has 4 rings (SSSR count). The fraction of sp³-hybridized carbons (Fsp3) is 0.409. The van der Waals surface area contributed by atoms with Crippen LogP contribution in [0, 0.1) is 0 Å². The molecule has 7 heteroatoms. The van der Waals surface area contributed by atoms with Gasteiger partial charge in [-0.3, -0.25) is 4.79 Å². The number of carbonyl (C=O) groups is 1. The van der Waals surface area contributed by atoms with Crippen molar-refractivity contribution in [3.63, 3.8) is 0 Å². The molecule has 0 aliphatic carbocycles. The molecule has 2 aromatic carbocycles. The van der Waals surface area contributed by atoms with E-state index in [4.69, 9.17) is 0 Å². The smallest absolute Gasteiger partial charge is 0.240 e. The molecule has 2 heterocycles. The maximum Gasteiger partial charge on any atom is 0.240 e. The Kier molecular flexibility index (Phi) is 5.61. The number of sulfonamides is 1. The average Bonchev–Trinajstić information content (AvgIpc) is 3.15. The number of nitrogens with one attached hydrogen (secondary N) is 1. The lowest BCUT2D eigenvalue weighted by Gasteiger charge is -2.37. The summed E-state index contributed by atoms with van der Waals surface area (Å²) in [5.74, 6) is 0.0923. The van der Waals surface area contributed by atoms with E-state index in [1.54, 1.807) is 29.2 Å². The largest absolute Gasteiger partial charge is 0.367 e. The first-order valence-corrected chi connectivity index (χ1v) is 11.7. The number of nitrogens with zero attached hydrogens (tertiary/aromatic N) is 2. The van der Waals surface area contributed by atoms with Gasteiger partial charge in [-0.05, 0) is 62.1 Å². The predicted molar refractivity (Wildman–Crippen MR) is 115 cm³/mol. The summed E-state index contributed by atoms with van der Waals surface area (Å²) in [4.78, 5) is 16.1. The first-order valence-electron chi connectivity index (χ1n) is 10.2. The Bertz CT molecular complexity index is 989. The van der Waals surface area contributed by atoms with E-state index < -0.39 is 10.0 Å². The lowest BCUT2D eigenvalue weighted by Crippen LogP contribution is -2.42. The Morgan fingerprint density at radius 3 is 2.55 bits per heavy atom. The van der Waals surface area contributed by atoms with Gasteiger partial charge in [-0.2, -0.15) is 0 Å². The van der Waals surface area contributed by atoms with Crippen LogP contribution in [0.2, 0.25) is 0 Å². The molecule has 0 radical (unpaired) electrons. The molecular formula is C22H27N3O3S. The first kappa shape index (κ1) is 19.9. The van der Waals surface area contributed by atoms with Crippen molar-refractivity contribution in [2.75, 3.05) is 29.4 Å². The molecule has 1 saturated heterocycles. The molecule has 1 N–H and O–H groups in total. The molecular weight excluding hydrogens is 386 g/mol. The van der Waals surface area contributed by atoms with Crippen LogP contribution in [0.15, 0.2) is 53.4 Å². The van der Waals surface area contributed by atoms with Crippen LogP contribution < -0.4 is 14.5 Å². The zero-order valence-corrected chi connectivity index (χ0v) is 17.5. The Morgan fingerprint density at radius 2 is 1.83 bits per heavy atom. The highest BCUT2D eigenvalue weighted by Gasteiger charge is 2.24. The zero-order valence-electron chi connectivity index (χ0n) is 16.7. The van der Waals surface area contributed by atoms with Gasteiger partial charge in [0, 0.05) is 43.5 Å². The van der Waals surface area contributed by atoms with Crippen molar-refractivity contribution in [1.82, 2.24) is 4.72 Å². The molecule has 2 aliphatic rings. The lowest BCUT2D eigenvalue weighted by atomic mass is 9.97. The molecule has 2 aliphatic heterocycles. The molecule has 1 atom stereocenters. The lowest BCUT2D eigenvalue weighted by molar-refractivity contribution is -0.117. The zero-order chi connectivity index (χ0) is 20.4. The highest BCUT2D eigenvalue weighted by atomic mass is 32.2. The molecule has 154 valence electrons. The van der Waals surface area contributed by atoms with Gasteiger partial charge in [0.1, 0.15) is 0 Å². The van der Waals surface area contributed by atoms with Crippen molar-refractivity contribution in [3.05, 3.63) is 54.1 Å². The number of para-hydroxylation sites is 1. The molecule has 6 nitrogen and oxygen atoms in total. The van der Waals surface area contributed by atoms with E-state index in [1.165, 1.54) is 11.3 Å². The minimum absolute atomic E-state index is 0.0923. The van der Waals surface area contributed by atoms with Crippen LogP contribution >= 0.6 is 0 Å². The summed E-state index contributed by atoms with van der Waals surface area (Å²) >= 11 is 0. The number of rotatable bonds is 6. The van der Waals surface area contributed by atoms with Crippen LogP contribution in [-0.2, 0) is 21.2 Å². The first-order chi connectivity index (χ1) is 14.0. The van der Waals surface area contributed by atoms with Gasteiger partial charge >= 0.3 is 0 Å². The Morgan fingerprint density at radius 1 is 1.07 bits per heavy atom. The third-order valence-corrected chi connectivity index (χ3v) is 7.32. The predicted octanol–water partition coefficient (Wildman–Crippen LogP) is 2.93. The molecule has 2 aromatic rings. The standard InChI is InChI=1S/C22H27N3O3S/c1-17-8-9-18-5-2-3-6-21(18)24(17)16-14-23-29(27,28)20-12-10-19(11-13-20)25-15-4-7-22(25)26/h2-3,5-6,10-13,17,23H,4,7-9,14-16H2,1H3/t17-/m0/s1. The summed E-state index contributed by atoms with van der Waals surface area (Å²) in [6, 6.07) is 15.3. The fourth-order valence-electron chi connectivity index (χ4n) is 4.21. The van der Waals surface area contributed by atoms with Crippen LogP contribution in [0.25, 0.3) is 0 Å². The van der Waals surface area contributed by atoms with E-state index in [0.29, 0.717) is 32.1 Å².